The number of halogens is 3. The summed E-state index contributed by atoms with van der Waals surface area (Å²) in [5.74, 6) is -0.288. The molecule has 3 rings (SSSR count). The average Bonchev–Trinajstić information content (AvgIpc) is 3.09. The lowest BCUT2D eigenvalue weighted by atomic mass is 10.0. The number of hydrogen-bond acceptors (Lipinski definition) is 2. The van der Waals surface area contributed by atoms with E-state index in [2.05, 4.69) is 0 Å². The molecule has 7 heteroatoms. The zero-order valence-electron chi connectivity index (χ0n) is 13.9. The van der Waals surface area contributed by atoms with E-state index in [1.54, 1.807) is 36.9 Å². The number of β-amino-alcohol motifs (C(OH)–C–C–N with tert-alkyl or cyclic N) is 1. The lowest BCUT2D eigenvalue weighted by Gasteiger charge is -2.26. The number of aryl methyl sites for hydroxylation is 2. The fourth-order valence-corrected chi connectivity index (χ4v) is 3.39. The van der Waals surface area contributed by atoms with E-state index < -0.39 is 23.9 Å². The predicted molar refractivity (Wildman–Crippen MR) is 86.0 cm³/mol. The number of aromatic nitrogens is 1. The third kappa shape index (κ3) is 3.28. The molecule has 1 aromatic carbocycles. The molecule has 25 heavy (non-hydrogen) atoms. The minimum Gasteiger partial charge on any atom is -0.391 e. The summed E-state index contributed by atoms with van der Waals surface area (Å²) in [5.41, 5.74) is 0.892. The molecule has 0 bridgehead atoms. The summed E-state index contributed by atoms with van der Waals surface area (Å²) in [5, 5.41) is 10.0. The number of carbonyl (C=O) groups excluding carboxylic acids is 1. The van der Waals surface area contributed by atoms with E-state index in [0.29, 0.717) is 11.3 Å². The van der Waals surface area contributed by atoms with Crippen LogP contribution in [0.4, 0.5) is 13.2 Å². The van der Waals surface area contributed by atoms with E-state index in [1.165, 1.54) is 11.0 Å². The highest BCUT2D eigenvalue weighted by Crippen LogP contribution is 2.37. The van der Waals surface area contributed by atoms with Gasteiger partial charge in [-0.2, -0.15) is 13.2 Å². The van der Waals surface area contributed by atoms with E-state index in [0.717, 1.165) is 17.7 Å². The number of aliphatic hydroxyl groups excluding tert-OH is 1. The summed E-state index contributed by atoms with van der Waals surface area (Å²) in [4.78, 5) is 14.4. The van der Waals surface area contributed by atoms with Gasteiger partial charge in [0, 0.05) is 19.8 Å². The Labute approximate surface area is 143 Å². The molecule has 0 radical (unpaired) electrons. The molecule has 0 spiro atoms. The summed E-state index contributed by atoms with van der Waals surface area (Å²) in [6.45, 7) is 1.91. The summed E-state index contributed by atoms with van der Waals surface area (Å²) in [6, 6.07) is 6.18. The summed E-state index contributed by atoms with van der Waals surface area (Å²) in [6.07, 6.45) is -3.23. The van der Waals surface area contributed by atoms with Gasteiger partial charge < -0.3 is 14.6 Å². The Balaban J connectivity index is 1.97. The first-order chi connectivity index (χ1) is 11.7. The minimum atomic E-state index is -4.45. The number of aliphatic hydroxyl groups is 1. The third-order valence-electron chi connectivity index (χ3n) is 4.62. The van der Waals surface area contributed by atoms with E-state index in [4.69, 9.17) is 0 Å². The van der Waals surface area contributed by atoms with Gasteiger partial charge in [0.05, 0.1) is 17.7 Å². The molecule has 1 amide bonds. The van der Waals surface area contributed by atoms with E-state index >= 15 is 0 Å². The zero-order chi connectivity index (χ0) is 18.4. The maximum Gasteiger partial charge on any atom is 0.416 e. The smallest absolute Gasteiger partial charge is 0.391 e. The molecule has 1 N–H and O–H groups in total. The molecule has 0 unspecified atom stereocenters. The highest BCUT2D eigenvalue weighted by molar-refractivity contribution is 5.94. The van der Waals surface area contributed by atoms with Crippen LogP contribution in [0, 0.1) is 6.92 Å². The van der Waals surface area contributed by atoms with Crippen LogP contribution >= 0.6 is 0 Å². The van der Waals surface area contributed by atoms with Crippen molar-refractivity contribution in [3.05, 3.63) is 58.9 Å². The molecule has 4 nitrogen and oxygen atoms in total. The van der Waals surface area contributed by atoms with E-state index in [1.807, 2.05) is 0 Å². The van der Waals surface area contributed by atoms with Crippen molar-refractivity contribution in [1.82, 2.24) is 9.47 Å². The van der Waals surface area contributed by atoms with Crippen LogP contribution in [0.15, 0.2) is 36.5 Å². The second kappa shape index (κ2) is 6.22. The Morgan fingerprint density at radius 2 is 2.00 bits per heavy atom. The normalized spacial score (nSPS) is 21.0. The molecule has 134 valence electrons. The molecule has 1 aliphatic heterocycles. The lowest BCUT2D eigenvalue weighted by Crippen LogP contribution is -2.33. The number of likely N-dealkylation sites (tertiary alicyclic amines) is 1. The number of carbonyl (C=O) groups is 1. The maximum absolute atomic E-state index is 13.0. The topological polar surface area (TPSA) is 45.5 Å². The number of rotatable bonds is 2. The van der Waals surface area contributed by atoms with Crippen molar-refractivity contribution < 1.29 is 23.1 Å². The molecule has 2 atom stereocenters. The van der Waals surface area contributed by atoms with Gasteiger partial charge in [-0.1, -0.05) is 12.1 Å². The number of nitrogens with zero attached hydrogens (tertiary/aromatic N) is 2. The van der Waals surface area contributed by atoms with Gasteiger partial charge in [0.2, 0.25) is 0 Å². The van der Waals surface area contributed by atoms with Crippen LogP contribution in [0.2, 0.25) is 0 Å². The average molecular weight is 352 g/mol. The first-order valence-electron chi connectivity index (χ1n) is 7.96. The van der Waals surface area contributed by atoms with Crippen molar-refractivity contribution in [3.63, 3.8) is 0 Å². The second-order valence-corrected chi connectivity index (χ2v) is 6.44. The van der Waals surface area contributed by atoms with Crippen LogP contribution in [0.5, 0.6) is 0 Å². The van der Waals surface area contributed by atoms with Gasteiger partial charge in [0.1, 0.15) is 5.69 Å². The van der Waals surface area contributed by atoms with Crippen molar-refractivity contribution in [1.29, 1.82) is 0 Å². The number of benzene rings is 1. The third-order valence-corrected chi connectivity index (χ3v) is 4.62. The van der Waals surface area contributed by atoms with Crippen molar-refractivity contribution in [2.45, 2.75) is 31.7 Å². The molecule has 1 saturated heterocycles. The van der Waals surface area contributed by atoms with Crippen LogP contribution in [0.25, 0.3) is 0 Å². The molecule has 0 aliphatic carbocycles. The first kappa shape index (κ1) is 17.5. The van der Waals surface area contributed by atoms with Gasteiger partial charge in [-0.25, -0.2) is 0 Å². The quantitative estimate of drug-likeness (QED) is 0.901. The molecule has 0 saturated carbocycles. The molecule has 1 fully saturated rings. The van der Waals surface area contributed by atoms with Crippen LogP contribution < -0.4 is 0 Å². The Hall–Kier alpha value is -2.28. The van der Waals surface area contributed by atoms with Crippen LogP contribution in [-0.2, 0) is 13.2 Å². The number of hydrogen-bond donors (Lipinski definition) is 1. The van der Waals surface area contributed by atoms with Gasteiger partial charge in [0.15, 0.2) is 0 Å². The van der Waals surface area contributed by atoms with Crippen LogP contribution in [-0.4, -0.2) is 33.1 Å². The fraction of sp³-hybridized carbons (Fsp3) is 0.389. The fourth-order valence-electron chi connectivity index (χ4n) is 3.39. The summed E-state index contributed by atoms with van der Waals surface area (Å²) < 4.78 is 40.6. The van der Waals surface area contributed by atoms with E-state index in [9.17, 15) is 23.1 Å². The van der Waals surface area contributed by atoms with Gasteiger partial charge in [-0.15, -0.1) is 0 Å². The molecule has 2 aromatic rings. The molecule has 2 heterocycles. The van der Waals surface area contributed by atoms with Crippen molar-refractivity contribution in [3.8, 4) is 0 Å². The van der Waals surface area contributed by atoms with Crippen LogP contribution in [0.1, 0.15) is 39.6 Å². The van der Waals surface area contributed by atoms with Gasteiger partial charge in [-0.3, -0.25) is 4.79 Å². The molecule has 1 aliphatic rings. The minimum absolute atomic E-state index is 0.102. The Kier molecular flexibility index (Phi) is 4.36. The molecular weight excluding hydrogens is 333 g/mol. The highest BCUT2D eigenvalue weighted by Gasteiger charge is 2.38. The first-order valence-corrected chi connectivity index (χ1v) is 7.96. The molecular formula is C18H19F3N2O2. The number of amides is 1. The number of alkyl halides is 3. The van der Waals surface area contributed by atoms with Gasteiger partial charge in [-0.05, 0) is 42.7 Å². The Bertz CT molecular complexity index is 778. The Morgan fingerprint density at radius 3 is 2.60 bits per heavy atom. The summed E-state index contributed by atoms with van der Waals surface area (Å²) in [7, 11) is 1.74. The van der Waals surface area contributed by atoms with Gasteiger partial charge in [0.25, 0.3) is 5.91 Å². The highest BCUT2D eigenvalue weighted by atomic mass is 19.4. The second-order valence-electron chi connectivity index (χ2n) is 6.44. The van der Waals surface area contributed by atoms with Crippen molar-refractivity contribution in [2.75, 3.05) is 6.54 Å². The molecule has 1 aromatic heterocycles. The maximum atomic E-state index is 13.0. The van der Waals surface area contributed by atoms with Crippen molar-refractivity contribution in [2.24, 2.45) is 7.05 Å². The SMILES string of the molecule is Cc1ccn(C)c1C(=O)N1C[C@@H](O)C[C@@H]1c1cccc(C(F)(F)F)c1. The monoisotopic (exact) mass is 352 g/mol. The van der Waals surface area contributed by atoms with E-state index in [-0.39, 0.29) is 18.9 Å². The summed E-state index contributed by atoms with van der Waals surface area (Å²) >= 11 is 0. The largest absolute Gasteiger partial charge is 0.416 e. The standard InChI is InChI=1S/C18H19F3N2O2/c1-11-6-7-22(2)16(11)17(25)23-10-14(24)9-15(23)12-4-3-5-13(8-12)18(19,20)21/h3-8,14-15,24H,9-10H2,1-2H3/t14-,15+/m0/s1. The Morgan fingerprint density at radius 1 is 1.28 bits per heavy atom. The lowest BCUT2D eigenvalue weighted by molar-refractivity contribution is -0.137. The van der Waals surface area contributed by atoms with Crippen molar-refractivity contribution >= 4 is 5.91 Å². The predicted octanol–water partition coefficient (Wildman–Crippen LogP) is 3.30. The van der Waals surface area contributed by atoms with Gasteiger partial charge >= 0.3 is 6.18 Å². The van der Waals surface area contributed by atoms with Crippen LogP contribution in [0.3, 0.4) is 0 Å². The zero-order valence-corrected chi connectivity index (χ0v) is 13.9.